The summed E-state index contributed by atoms with van der Waals surface area (Å²) < 4.78 is 29.5. The molecule has 1 atom stereocenters. The van der Waals surface area contributed by atoms with Crippen molar-refractivity contribution in [2.75, 3.05) is 26.2 Å². The monoisotopic (exact) mass is 281 g/mol. The van der Waals surface area contributed by atoms with Gasteiger partial charge in [0, 0.05) is 31.7 Å². The molecule has 1 aromatic rings. The molecule has 0 bridgehead atoms. The molecule has 1 aliphatic rings. The molecular formula is C14H17F2N3O. The van der Waals surface area contributed by atoms with E-state index in [0.717, 1.165) is 26.2 Å². The summed E-state index contributed by atoms with van der Waals surface area (Å²) in [6, 6.07) is 8.63. The second-order valence-corrected chi connectivity index (χ2v) is 4.58. The van der Waals surface area contributed by atoms with Gasteiger partial charge in [-0.05, 0) is 6.07 Å². The first-order chi connectivity index (χ1) is 9.72. The van der Waals surface area contributed by atoms with Crippen LogP contribution in [0.1, 0.15) is 18.0 Å². The van der Waals surface area contributed by atoms with Crippen LogP contribution in [0.4, 0.5) is 8.78 Å². The molecule has 0 aliphatic carbocycles. The first-order valence-electron chi connectivity index (χ1n) is 6.58. The Kier molecular flexibility index (Phi) is 5.27. The van der Waals surface area contributed by atoms with Crippen molar-refractivity contribution in [3.63, 3.8) is 0 Å². The lowest BCUT2D eigenvalue weighted by Crippen LogP contribution is -2.45. The quantitative estimate of drug-likeness (QED) is 0.898. The smallest absolute Gasteiger partial charge is 0.387 e. The fourth-order valence-electron chi connectivity index (χ4n) is 2.48. The van der Waals surface area contributed by atoms with Crippen molar-refractivity contribution in [3.05, 3.63) is 29.8 Å². The summed E-state index contributed by atoms with van der Waals surface area (Å²) in [5.41, 5.74) is 0.649. The molecule has 0 unspecified atom stereocenters. The van der Waals surface area contributed by atoms with Crippen molar-refractivity contribution in [2.45, 2.75) is 19.1 Å². The predicted octanol–water partition coefficient (Wildman–Crippen LogP) is 2.15. The molecule has 1 fully saturated rings. The van der Waals surface area contributed by atoms with Crippen LogP contribution in [-0.2, 0) is 0 Å². The SMILES string of the molecule is N#CC[C@@H](c1ccccc1OC(F)F)N1CCNCC1. The lowest BCUT2D eigenvalue weighted by atomic mass is 10.0. The van der Waals surface area contributed by atoms with Gasteiger partial charge in [-0.2, -0.15) is 14.0 Å². The summed E-state index contributed by atoms with van der Waals surface area (Å²) >= 11 is 0. The van der Waals surface area contributed by atoms with E-state index in [9.17, 15) is 8.78 Å². The number of halogens is 2. The van der Waals surface area contributed by atoms with Gasteiger partial charge in [0.2, 0.25) is 0 Å². The van der Waals surface area contributed by atoms with Gasteiger partial charge in [-0.1, -0.05) is 18.2 Å². The molecule has 4 nitrogen and oxygen atoms in total. The summed E-state index contributed by atoms with van der Waals surface area (Å²) in [7, 11) is 0. The average molecular weight is 281 g/mol. The van der Waals surface area contributed by atoms with Crippen molar-refractivity contribution < 1.29 is 13.5 Å². The zero-order chi connectivity index (χ0) is 14.4. The van der Waals surface area contributed by atoms with Crippen molar-refractivity contribution in [1.29, 1.82) is 5.26 Å². The van der Waals surface area contributed by atoms with Crippen LogP contribution in [0.25, 0.3) is 0 Å². The van der Waals surface area contributed by atoms with Crippen LogP contribution >= 0.6 is 0 Å². The third-order valence-corrected chi connectivity index (χ3v) is 3.37. The molecule has 1 aliphatic heterocycles. The van der Waals surface area contributed by atoms with Crippen LogP contribution in [0.3, 0.4) is 0 Å². The number of piperazine rings is 1. The number of nitrogens with zero attached hydrogens (tertiary/aromatic N) is 2. The Morgan fingerprint density at radius 3 is 2.65 bits per heavy atom. The third-order valence-electron chi connectivity index (χ3n) is 3.37. The van der Waals surface area contributed by atoms with Gasteiger partial charge in [-0.25, -0.2) is 0 Å². The van der Waals surface area contributed by atoms with Gasteiger partial charge < -0.3 is 10.1 Å². The van der Waals surface area contributed by atoms with E-state index in [0.29, 0.717) is 5.56 Å². The van der Waals surface area contributed by atoms with Crippen LogP contribution < -0.4 is 10.1 Å². The Morgan fingerprint density at radius 2 is 2.00 bits per heavy atom. The maximum Gasteiger partial charge on any atom is 0.387 e. The minimum Gasteiger partial charge on any atom is -0.434 e. The van der Waals surface area contributed by atoms with Crippen LogP contribution in [0.5, 0.6) is 5.75 Å². The van der Waals surface area contributed by atoms with E-state index in [1.165, 1.54) is 6.07 Å². The molecular weight excluding hydrogens is 264 g/mol. The molecule has 1 heterocycles. The minimum atomic E-state index is -2.86. The molecule has 6 heteroatoms. The number of rotatable bonds is 5. The Bertz CT molecular complexity index is 470. The molecule has 0 spiro atoms. The van der Waals surface area contributed by atoms with Crippen molar-refractivity contribution in [1.82, 2.24) is 10.2 Å². The van der Waals surface area contributed by atoms with E-state index in [1.54, 1.807) is 18.2 Å². The second-order valence-electron chi connectivity index (χ2n) is 4.58. The standard InChI is InChI=1S/C14H17F2N3O/c15-14(16)20-13-4-2-1-3-11(13)12(5-6-17)19-9-7-18-8-10-19/h1-4,12,14,18H,5,7-10H2/t12-/m0/s1. The predicted molar refractivity (Wildman–Crippen MR) is 70.5 cm³/mol. The molecule has 1 N–H and O–H groups in total. The van der Waals surface area contributed by atoms with E-state index < -0.39 is 6.61 Å². The number of alkyl halides is 2. The van der Waals surface area contributed by atoms with Crippen molar-refractivity contribution in [3.8, 4) is 11.8 Å². The van der Waals surface area contributed by atoms with Gasteiger partial charge in [-0.3, -0.25) is 4.90 Å². The van der Waals surface area contributed by atoms with Crippen molar-refractivity contribution in [2.24, 2.45) is 0 Å². The number of ether oxygens (including phenoxy) is 1. The first kappa shape index (κ1) is 14.7. The Balaban J connectivity index is 2.26. The highest BCUT2D eigenvalue weighted by atomic mass is 19.3. The molecule has 1 aromatic carbocycles. The fourth-order valence-corrected chi connectivity index (χ4v) is 2.48. The van der Waals surface area contributed by atoms with Crippen molar-refractivity contribution >= 4 is 0 Å². The lowest BCUT2D eigenvalue weighted by Gasteiger charge is -2.34. The Labute approximate surface area is 116 Å². The zero-order valence-electron chi connectivity index (χ0n) is 11.1. The third kappa shape index (κ3) is 3.65. The van der Waals surface area contributed by atoms with E-state index in [1.807, 2.05) is 0 Å². The van der Waals surface area contributed by atoms with Crippen LogP contribution in [-0.4, -0.2) is 37.7 Å². The van der Waals surface area contributed by atoms with Gasteiger partial charge >= 0.3 is 6.61 Å². The van der Waals surface area contributed by atoms with E-state index >= 15 is 0 Å². The van der Waals surface area contributed by atoms with Gasteiger partial charge in [0.1, 0.15) is 5.75 Å². The molecule has 0 saturated carbocycles. The zero-order valence-corrected chi connectivity index (χ0v) is 11.1. The summed E-state index contributed by atoms with van der Waals surface area (Å²) in [5, 5.41) is 12.3. The van der Waals surface area contributed by atoms with Gasteiger partial charge in [0.25, 0.3) is 0 Å². The molecule has 0 aromatic heterocycles. The van der Waals surface area contributed by atoms with Crippen LogP contribution in [0, 0.1) is 11.3 Å². The second kappa shape index (κ2) is 7.17. The summed E-state index contributed by atoms with van der Waals surface area (Å²) in [6.45, 7) is 0.381. The summed E-state index contributed by atoms with van der Waals surface area (Å²) in [5.74, 6) is 0.154. The minimum absolute atomic E-state index is 0.154. The van der Waals surface area contributed by atoms with E-state index in [-0.39, 0.29) is 18.2 Å². The largest absolute Gasteiger partial charge is 0.434 e. The Morgan fingerprint density at radius 1 is 1.30 bits per heavy atom. The number of nitrogens with one attached hydrogen (secondary N) is 1. The number of nitriles is 1. The van der Waals surface area contributed by atoms with Gasteiger partial charge in [0.05, 0.1) is 18.5 Å². The lowest BCUT2D eigenvalue weighted by molar-refractivity contribution is -0.0512. The topological polar surface area (TPSA) is 48.3 Å². The highest BCUT2D eigenvalue weighted by Crippen LogP contribution is 2.32. The normalized spacial score (nSPS) is 17.7. The summed E-state index contributed by atoms with van der Waals surface area (Å²) in [4.78, 5) is 2.13. The molecule has 2 rings (SSSR count). The average Bonchev–Trinajstić information content (AvgIpc) is 2.46. The van der Waals surface area contributed by atoms with Gasteiger partial charge in [0.15, 0.2) is 0 Å². The van der Waals surface area contributed by atoms with Gasteiger partial charge in [-0.15, -0.1) is 0 Å². The first-order valence-corrected chi connectivity index (χ1v) is 6.58. The van der Waals surface area contributed by atoms with Crippen LogP contribution in [0.15, 0.2) is 24.3 Å². The molecule has 108 valence electrons. The van der Waals surface area contributed by atoms with Crippen LogP contribution in [0.2, 0.25) is 0 Å². The highest BCUT2D eigenvalue weighted by Gasteiger charge is 2.25. The molecule has 20 heavy (non-hydrogen) atoms. The van der Waals surface area contributed by atoms with E-state index in [4.69, 9.17) is 5.26 Å². The number of para-hydroxylation sites is 1. The molecule has 0 radical (unpaired) electrons. The number of hydrogen-bond acceptors (Lipinski definition) is 4. The highest BCUT2D eigenvalue weighted by molar-refractivity contribution is 5.36. The van der Waals surface area contributed by atoms with E-state index in [2.05, 4.69) is 21.0 Å². The Hall–Kier alpha value is -1.71. The summed E-state index contributed by atoms with van der Waals surface area (Å²) in [6.07, 6.45) is 0.254. The maximum absolute atomic E-state index is 12.5. The molecule has 1 saturated heterocycles. The number of benzene rings is 1. The fraction of sp³-hybridized carbons (Fsp3) is 0.500. The number of hydrogen-bond donors (Lipinski definition) is 1. The maximum atomic E-state index is 12.5. The molecule has 0 amide bonds.